The minimum absolute atomic E-state index is 0.0657. The molecule has 0 radical (unpaired) electrons. The monoisotopic (exact) mass is 428 g/mol. The highest BCUT2D eigenvalue weighted by Gasteiger charge is 2.48. The van der Waals surface area contributed by atoms with Crippen LogP contribution < -0.4 is 14.2 Å². The second kappa shape index (κ2) is 8.10. The first-order valence-corrected chi connectivity index (χ1v) is 10.0. The fourth-order valence-corrected chi connectivity index (χ4v) is 3.33. The van der Waals surface area contributed by atoms with E-state index in [1.807, 2.05) is 0 Å². The van der Waals surface area contributed by atoms with Crippen molar-refractivity contribution in [2.24, 2.45) is 0 Å². The van der Waals surface area contributed by atoms with Crippen LogP contribution in [0, 0.1) is 0 Å². The fraction of sp³-hybridized carbons (Fsp3) is 0.429. The van der Waals surface area contributed by atoms with E-state index in [0.717, 1.165) is 12.8 Å². The van der Waals surface area contributed by atoms with Crippen LogP contribution in [-0.2, 0) is 10.4 Å². The maximum atomic E-state index is 15.3. The van der Waals surface area contributed by atoms with Gasteiger partial charge in [-0.3, -0.25) is 0 Å². The molecule has 3 heterocycles. The number of methoxy groups -OCH3 is 1. The second-order valence-corrected chi connectivity index (χ2v) is 7.63. The Morgan fingerprint density at radius 2 is 1.87 bits per heavy atom. The van der Waals surface area contributed by atoms with E-state index >= 15 is 4.39 Å². The number of ether oxygens (including phenoxy) is 4. The van der Waals surface area contributed by atoms with Crippen molar-refractivity contribution in [1.82, 2.24) is 20.1 Å². The Bertz CT molecular complexity index is 1030. The first-order valence-electron chi connectivity index (χ1n) is 10.0. The molecule has 2 fully saturated rings. The lowest BCUT2D eigenvalue weighted by Gasteiger charge is -2.41. The van der Waals surface area contributed by atoms with Crippen LogP contribution in [0.4, 0.5) is 4.39 Å². The highest BCUT2D eigenvalue weighted by atomic mass is 19.1. The third-order valence-electron chi connectivity index (χ3n) is 5.15. The lowest BCUT2D eigenvalue weighted by molar-refractivity contribution is -0.0489. The zero-order valence-electron chi connectivity index (χ0n) is 16.9. The van der Waals surface area contributed by atoms with Crippen molar-refractivity contribution in [3.8, 4) is 29.1 Å². The Labute approximate surface area is 177 Å². The average Bonchev–Trinajstić information content (AvgIpc) is 3.45. The predicted octanol–water partition coefficient (Wildman–Crippen LogP) is 3.46. The summed E-state index contributed by atoms with van der Waals surface area (Å²) >= 11 is 0. The van der Waals surface area contributed by atoms with Crippen molar-refractivity contribution in [3.63, 3.8) is 0 Å². The highest BCUT2D eigenvalue weighted by Crippen LogP contribution is 2.47. The van der Waals surface area contributed by atoms with E-state index in [-0.39, 0.29) is 37.7 Å². The quantitative estimate of drug-likeness (QED) is 0.474. The molecule has 3 aromatic heterocycles. The van der Waals surface area contributed by atoms with Gasteiger partial charge in [0.25, 0.3) is 5.88 Å². The summed E-state index contributed by atoms with van der Waals surface area (Å²) in [7, 11) is 1.51. The topological polar surface area (TPSA) is 102 Å². The lowest BCUT2D eigenvalue weighted by Crippen LogP contribution is -2.44. The van der Waals surface area contributed by atoms with E-state index in [0.29, 0.717) is 28.8 Å². The average molecular weight is 428 g/mol. The molecule has 0 atom stereocenters. The SMILES string of the molecule is COCOc1cc(-c2cnc(OC3CC(F)(c4ccnc(OC5CC5)c4)C3)cn2)on1. The normalized spacial score (nSPS) is 22.6. The van der Waals surface area contributed by atoms with Gasteiger partial charge in [0.2, 0.25) is 11.8 Å². The van der Waals surface area contributed by atoms with E-state index in [2.05, 4.69) is 20.1 Å². The summed E-state index contributed by atoms with van der Waals surface area (Å²) in [6.45, 7) is 0.0657. The highest BCUT2D eigenvalue weighted by molar-refractivity contribution is 5.51. The largest absolute Gasteiger partial charge is 0.474 e. The van der Waals surface area contributed by atoms with Crippen molar-refractivity contribution < 1.29 is 27.9 Å². The molecule has 0 saturated heterocycles. The number of pyridine rings is 1. The van der Waals surface area contributed by atoms with Crippen LogP contribution in [0.2, 0.25) is 0 Å². The molecule has 0 aliphatic heterocycles. The van der Waals surface area contributed by atoms with Crippen LogP contribution in [0.15, 0.2) is 41.3 Å². The zero-order chi connectivity index (χ0) is 21.3. The number of hydrogen-bond donors (Lipinski definition) is 0. The molecule has 0 unspecified atom stereocenters. The molecule has 0 spiro atoms. The van der Waals surface area contributed by atoms with Gasteiger partial charge in [0.1, 0.15) is 23.6 Å². The minimum atomic E-state index is -1.46. The molecule has 2 aliphatic carbocycles. The van der Waals surface area contributed by atoms with Crippen molar-refractivity contribution >= 4 is 0 Å². The van der Waals surface area contributed by atoms with Gasteiger partial charge in [-0.15, -0.1) is 0 Å². The number of aromatic nitrogens is 4. The number of hydrogen-bond acceptors (Lipinski definition) is 9. The summed E-state index contributed by atoms with van der Waals surface area (Å²) in [6, 6.07) is 4.96. The Hall–Kier alpha value is -3.27. The second-order valence-electron chi connectivity index (χ2n) is 7.63. The summed E-state index contributed by atoms with van der Waals surface area (Å²) in [5.41, 5.74) is -0.419. The van der Waals surface area contributed by atoms with E-state index < -0.39 is 5.67 Å². The molecule has 10 heteroatoms. The summed E-state index contributed by atoms with van der Waals surface area (Å²) in [4.78, 5) is 12.7. The van der Waals surface area contributed by atoms with Gasteiger partial charge in [0.15, 0.2) is 12.6 Å². The van der Waals surface area contributed by atoms with Crippen molar-refractivity contribution in [3.05, 3.63) is 42.4 Å². The standard InChI is InChI=1S/C21H21FN4O5/c1-27-12-28-19-7-17(31-26-19)16-10-25-20(11-24-16)30-15-8-21(22,9-15)13-4-5-23-18(6-13)29-14-2-3-14/h4-7,10-11,14-15H,2-3,8-9,12H2,1H3. The Kier molecular flexibility index (Phi) is 5.14. The van der Waals surface area contributed by atoms with Gasteiger partial charge in [-0.25, -0.2) is 19.3 Å². The van der Waals surface area contributed by atoms with Gasteiger partial charge in [-0.1, -0.05) is 0 Å². The Morgan fingerprint density at radius 3 is 2.61 bits per heavy atom. The number of alkyl halides is 1. The van der Waals surface area contributed by atoms with Crippen molar-refractivity contribution in [1.29, 1.82) is 0 Å². The number of halogens is 1. The van der Waals surface area contributed by atoms with Crippen molar-refractivity contribution in [2.45, 2.75) is 43.6 Å². The molecule has 9 nitrogen and oxygen atoms in total. The molecule has 0 aromatic carbocycles. The molecule has 31 heavy (non-hydrogen) atoms. The molecule has 5 rings (SSSR count). The van der Waals surface area contributed by atoms with Crippen LogP contribution in [-0.4, -0.2) is 46.2 Å². The maximum Gasteiger partial charge on any atom is 0.256 e. The van der Waals surface area contributed by atoms with Gasteiger partial charge in [0.05, 0.1) is 18.5 Å². The smallest absolute Gasteiger partial charge is 0.256 e. The van der Waals surface area contributed by atoms with Crippen LogP contribution in [0.3, 0.4) is 0 Å². The van der Waals surface area contributed by atoms with Gasteiger partial charge in [-0.05, 0) is 29.6 Å². The number of rotatable bonds is 9. The summed E-state index contributed by atoms with van der Waals surface area (Å²) in [5.74, 6) is 1.48. The number of nitrogens with zero attached hydrogens (tertiary/aromatic N) is 4. The Morgan fingerprint density at radius 1 is 1.03 bits per heavy atom. The van der Waals surface area contributed by atoms with Crippen molar-refractivity contribution in [2.75, 3.05) is 13.9 Å². The first-order chi connectivity index (χ1) is 15.1. The van der Waals surface area contributed by atoms with Crippen LogP contribution >= 0.6 is 0 Å². The van der Waals surface area contributed by atoms with E-state index in [1.165, 1.54) is 19.5 Å². The molecule has 0 N–H and O–H groups in total. The first kappa shape index (κ1) is 19.7. The molecular weight excluding hydrogens is 407 g/mol. The molecule has 2 saturated carbocycles. The van der Waals surface area contributed by atoms with Gasteiger partial charge in [-0.2, -0.15) is 0 Å². The third kappa shape index (κ3) is 4.43. The molecule has 2 aliphatic rings. The van der Waals surface area contributed by atoms with Crippen LogP contribution in [0.5, 0.6) is 17.6 Å². The lowest BCUT2D eigenvalue weighted by atomic mass is 9.74. The van der Waals surface area contributed by atoms with E-state index in [9.17, 15) is 0 Å². The van der Waals surface area contributed by atoms with E-state index in [1.54, 1.807) is 24.4 Å². The minimum Gasteiger partial charge on any atom is -0.474 e. The van der Waals surface area contributed by atoms with E-state index in [4.69, 9.17) is 23.5 Å². The van der Waals surface area contributed by atoms with Gasteiger partial charge < -0.3 is 23.5 Å². The predicted molar refractivity (Wildman–Crippen MR) is 104 cm³/mol. The van der Waals surface area contributed by atoms with Gasteiger partial charge in [0, 0.05) is 32.2 Å². The summed E-state index contributed by atoms with van der Waals surface area (Å²) < 4.78 is 41.9. The summed E-state index contributed by atoms with van der Waals surface area (Å²) in [6.07, 6.45) is 7.01. The Balaban J connectivity index is 1.17. The third-order valence-corrected chi connectivity index (χ3v) is 5.15. The van der Waals surface area contributed by atoms with Crippen LogP contribution in [0.1, 0.15) is 31.2 Å². The fourth-order valence-electron chi connectivity index (χ4n) is 3.33. The van der Waals surface area contributed by atoms with Gasteiger partial charge >= 0.3 is 0 Å². The molecule has 0 amide bonds. The molecular formula is C21H21FN4O5. The molecule has 162 valence electrons. The van der Waals surface area contributed by atoms with Crippen LogP contribution in [0.25, 0.3) is 11.5 Å². The molecule has 3 aromatic rings. The maximum absolute atomic E-state index is 15.3. The zero-order valence-corrected chi connectivity index (χ0v) is 16.9. The molecule has 0 bridgehead atoms. The summed E-state index contributed by atoms with van der Waals surface area (Å²) in [5, 5.41) is 3.76.